The molecule has 1 saturated carbocycles. The fourth-order valence-corrected chi connectivity index (χ4v) is 4.44. The summed E-state index contributed by atoms with van der Waals surface area (Å²) >= 11 is 1.87. The van der Waals surface area contributed by atoms with Gasteiger partial charge in [0.2, 0.25) is 0 Å². The van der Waals surface area contributed by atoms with Gasteiger partial charge in [-0.25, -0.2) is 9.18 Å². The number of rotatable bonds is 5. The number of urea groups is 1. The Morgan fingerprint density at radius 2 is 2.23 bits per heavy atom. The molecule has 0 saturated heterocycles. The number of hydrogen-bond donors (Lipinski definition) is 2. The van der Waals surface area contributed by atoms with E-state index >= 15 is 0 Å². The van der Waals surface area contributed by atoms with E-state index in [0.29, 0.717) is 10.9 Å². The van der Waals surface area contributed by atoms with Crippen molar-refractivity contribution in [1.29, 1.82) is 0 Å². The van der Waals surface area contributed by atoms with Gasteiger partial charge in [0.05, 0.1) is 15.7 Å². The summed E-state index contributed by atoms with van der Waals surface area (Å²) in [4.78, 5) is 12.2. The number of hydrogen-bond acceptors (Lipinski definition) is 3. The molecule has 0 radical (unpaired) electrons. The van der Waals surface area contributed by atoms with Crippen LogP contribution in [0.4, 0.5) is 14.9 Å². The Morgan fingerprint density at radius 1 is 1.45 bits per heavy atom. The molecule has 1 aromatic carbocycles. The maximum atomic E-state index is 13.8. The number of thioether (sulfide) groups is 1. The average Bonchev–Trinajstić information content (AvgIpc) is 2.86. The third-order valence-electron chi connectivity index (χ3n) is 3.65. The molecule has 0 bridgehead atoms. The molecular formula is C15H21FN2O2S2. The van der Waals surface area contributed by atoms with Crippen LogP contribution in [0.2, 0.25) is 0 Å². The van der Waals surface area contributed by atoms with E-state index < -0.39 is 16.6 Å². The van der Waals surface area contributed by atoms with Crippen molar-refractivity contribution in [3.05, 3.63) is 24.0 Å². The molecule has 0 spiro atoms. The summed E-state index contributed by atoms with van der Waals surface area (Å²) in [6.07, 6.45) is 4.64. The topological polar surface area (TPSA) is 58.2 Å². The molecule has 4 nitrogen and oxygen atoms in total. The maximum absolute atomic E-state index is 13.8. The first kappa shape index (κ1) is 17.3. The van der Waals surface area contributed by atoms with Gasteiger partial charge in [-0.2, -0.15) is 11.8 Å². The van der Waals surface area contributed by atoms with Crippen LogP contribution in [0.5, 0.6) is 0 Å². The first-order chi connectivity index (χ1) is 10.5. The van der Waals surface area contributed by atoms with E-state index in [9.17, 15) is 13.4 Å². The Morgan fingerprint density at radius 3 is 2.86 bits per heavy atom. The van der Waals surface area contributed by atoms with Gasteiger partial charge < -0.3 is 10.6 Å². The predicted octanol–water partition coefficient (Wildman–Crippen LogP) is 3.36. The van der Waals surface area contributed by atoms with E-state index in [2.05, 4.69) is 17.6 Å². The molecule has 0 aromatic heterocycles. The van der Waals surface area contributed by atoms with E-state index in [0.717, 1.165) is 25.0 Å². The number of nitrogens with one attached hydrogen (secondary N) is 2. The van der Waals surface area contributed by atoms with Crippen LogP contribution in [0, 0.1) is 5.82 Å². The van der Waals surface area contributed by atoms with E-state index in [1.165, 1.54) is 18.4 Å². The summed E-state index contributed by atoms with van der Waals surface area (Å²) in [7, 11) is -1.38. The fourth-order valence-electron chi connectivity index (χ4n) is 2.65. The Kier molecular flexibility index (Phi) is 6.26. The van der Waals surface area contributed by atoms with Crippen molar-refractivity contribution in [1.82, 2.24) is 5.32 Å². The second-order valence-electron chi connectivity index (χ2n) is 5.23. The zero-order valence-corrected chi connectivity index (χ0v) is 14.4. The van der Waals surface area contributed by atoms with E-state index in [1.807, 2.05) is 11.8 Å². The van der Waals surface area contributed by atoms with Gasteiger partial charge in [0.25, 0.3) is 0 Å². The largest absolute Gasteiger partial charge is 0.334 e. The molecule has 2 N–H and O–H groups in total. The van der Waals surface area contributed by atoms with Crippen LogP contribution in [0.25, 0.3) is 0 Å². The van der Waals surface area contributed by atoms with E-state index in [-0.39, 0.29) is 17.0 Å². The SMILES string of the molecule is CCS[C@@H]1CCC[C@H]1NC(=O)Nc1ccc([S@](C)=O)c(F)c1. The lowest BCUT2D eigenvalue weighted by atomic mass is 10.2. The summed E-state index contributed by atoms with van der Waals surface area (Å²) in [5.41, 5.74) is 0.363. The molecule has 1 fully saturated rings. The Balaban J connectivity index is 1.94. The van der Waals surface area contributed by atoms with Crippen molar-refractivity contribution in [3.8, 4) is 0 Å². The molecule has 3 atom stereocenters. The molecule has 122 valence electrons. The molecule has 7 heteroatoms. The Labute approximate surface area is 137 Å². The number of amides is 2. The first-order valence-corrected chi connectivity index (χ1v) is 9.94. The second kappa shape index (κ2) is 7.97. The number of anilines is 1. The molecule has 22 heavy (non-hydrogen) atoms. The first-order valence-electron chi connectivity index (χ1n) is 7.33. The van der Waals surface area contributed by atoms with E-state index in [1.54, 1.807) is 6.07 Å². The zero-order valence-electron chi connectivity index (χ0n) is 12.7. The highest BCUT2D eigenvalue weighted by Crippen LogP contribution is 2.29. The third kappa shape index (κ3) is 4.46. The van der Waals surface area contributed by atoms with Crippen LogP contribution in [0.3, 0.4) is 0 Å². The highest BCUT2D eigenvalue weighted by atomic mass is 32.2. The second-order valence-corrected chi connectivity index (χ2v) is 8.09. The van der Waals surface area contributed by atoms with Crippen molar-refractivity contribution in [2.45, 2.75) is 42.4 Å². The van der Waals surface area contributed by atoms with Gasteiger partial charge in [0.1, 0.15) is 5.82 Å². The van der Waals surface area contributed by atoms with Gasteiger partial charge in [-0.3, -0.25) is 4.21 Å². The molecule has 2 amide bonds. The van der Waals surface area contributed by atoms with Crippen LogP contribution in [0.1, 0.15) is 26.2 Å². The predicted molar refractivity (Wildman–Crippen MR) is 90.4 cm³/mol. The minimum Gasteiger partial charge on any atom is -0.334 e. The number of benzene rings is 1. The minimum absolute atomic E-state index is 0.140. The highest BCUT2D eigenvalue weighted by molar-refractivity contribution is 7.99. The summed E-state index contributed by atoms with van der Waals surface area (Å²) in [6.45, 7) is 2.11. The van der Waals surface area contributed by atoms with Crippen molar-refractivity contribution in [2.24, 2.45) is 0 Å². The van der Waals surface area contributed by atoms with Crippen LogP contribution in [-0.2, 0) is 10.8 Å². The van der Waals surface area contributed by atoms with Gasteiger partial charge >= 0.3 is 6.03 Å². The summed E-state index contributed by atoms with van der Waals surface area (Å²) in [5.74, 6) is 0.463. The number of halogens is 1. The molecule has 1 aromatic rings. The summed E-state index contributed by atoms with van der Waals surface area (Å²) in [6, 6.07) is 4.04. The molecule has 1 aliphatic rings. The minimum atomic E-state index is -1.38. The summed E-state index contributed by atoms with van der Waals surface area (Å²) < 4.78 is 25.0. The van der Waals surface area contributed by atoms with E-state index in [4.69, 9.17) is 0 Å². The molecular weight excluding hydrogens is 323 g/mol. The Hall–Kier alpha value is -1.08. The van der Waals surface area contributed by atoms with Crippen molar-refractivity contribution < 1.29 is 13.4 Å². The summed E-state index contributed by atoms with van der Waals surface area (Å²) in [5, 5.41) is 6.06. The normalized spacial score (nSPS) is 22.3. The van der Waals surface area contributed by atoms with Crippen LogP contribution in [-0.4, -0.2) is 33.5 Å². The van der Waals surface area contributed by atoms with Crippen LogP contribution < -0.4 is 10.6 Å². The highest BCUT2D eigenvalue weighted by Gasteiger charge is 2.28. The quantitative estimate of drug-likeness (QED) is 0.861. The number of carbonyl (C=O) groups excluding carboxylic acids is 1. The maximum Gasteiger partial charge on any atom is 0.319 e. The third-order valence-corrected chi connectivity index (χ3v) is 5.93. The Bertz CT molecular complexity index is 568. The lowest BCUT2D eigenvalue weighted by molar-refractivity contribution is 0.249. The molecule has 1 aliphatic carbocycles. The van der Waals surface area contributed by atoms with Crippen molar-refractivity contribution in [3.63, 3.8) is 0 Å². The van der Waals surface area contributed by atoms with Gasteiger partial charge in [-0.05, 0) is 36.8 Å². The van der Waals surface area contributed by atoms with Crippen molar-refractivity contribution >= 4 is 34.3 Å². The van der Waals surface area contributed by atoms with Gasteiger partial charge in [-0.1, -0.05) is 13.3 Å². The standard InChI is InChI=1S/C15H21FN2O2S2/c1-3-21-13-6-4-5-12(13)18-15(19)17-10-7-8-14(22(2)20)11(16)9-10/h7-9,12-13H,3-6H2,1-2H3,(H2,17,18,19)/t12-,13-,22+/m1/s1. The molecule has 0 aliphatic heterocycles. The average molecular weight is 344 g/mol. The van der Waals surface area contributed by atoms with Crippen molar-refractivity contribution in [2.75, 3.05) is 17.3 Å². The molecule has 0 heterocycles. The fraction of sp³-hybridized carbons (Fsp3) is 0.533. The smallest absolute Gasteiger partial charge is 0.319 e. The molecule has 0 unspecified atom stereocenters. The van der Waals surface area contributed by atoms with Gasteiger partial charge in [-0.15, -0.1) is 0 Å². The zero-order chi connectivity index (χ0) is 16.1. The number of carbonyl (C=O) groups is 1. The lowest BCUT2D eigenvalue weighted by Crippen LogP contribution is -2.41. The lowest BCUT2D eigenvalue weighted by Gasteiger charge is -2.20. The molecule has 2 rings (SSSR count). The van der Waals surface area contributed by atoms with Crippen LogP contribution in [0.15, 0.2) is 23.1 Å². The van der Waals surface area contributed by atoms with Gasteiger partial charge in [0, 0.05) is 23.2 Å². The van der Waals surface area contributed by atoms with Gasteiger partial charge in [0.15, 0.2) is 0 Å². The van der Waals surface area contributed by atoms with Crippen LogP contribution >= 0.6 is 11.8 Å². The monoisotopic (exact) mass is 344 g/mol.